The lowest BCUT2D eigenvalue weighted by Crippen LogP contribution is -2.18. The van der Waals surface area contributed by atoms with Gasteiger partial charge in [-0.2, -0.15) is 0 Å². The van der Waals surface area contributed by atoms with Crippen molar-refractivity contribution in [3.63, 3.8) is 0 Å². The molecule has 0 bridgehead atoms. The van der Waals surface area contributed by atoms with Crippen LogP contribution in [0.5, 0.6) is 0 Å². The Kier molecular flexibility index (Phi) is 4.36. The van der Waals surface area contributed by atoms with Crippen molar-refractivity contribution in [3.05, 3.63) is 53.9 Å². The first-order valence-electron chi connectivity index (χ1n) is 6.21. The van der Waals surface area contributed by atoms with Crippen LogP contribution in [0.25, 0.3) is 0 Å². The molecule has 0 unspecified atom stereocenters. The van der Waals surface area contributed by atoms with Crippen LogP contribution in [0.1, 0.15) is 11.3 Å². The summed E-state index contributed by atoms with van der Waals surface area (Å²) in [6, 6.07) is 10.7. The summed E-state index contributed by atoms with van der Waals surface area (Å²) in [4.78, 5) is 4.46. The highest BCUT2D eigenvalue weighted by atomic mass is 32.2. The summed E-state index contributed by atoms with van der Waals surface area (Å²) in [7, 11) is -2.03. The molecule has 5 nitrogen and oxygen atoms in total. The number of pyridine rings is 1. The van der Waals surface area contributed by atoms with E-state index in [1.54, 1.807) is 24.4 Å². The first-order chi connectivity index (χ1) is 9.53. The lowest BCUT2D eigenvalue weighted by Gasteiger charge is -2.11. The van der Waals surface area contributed by atoms with Crippen LogP contribution in [0.15, 0.2) is 47.5 Å². The molecule has 1 heterocycles. The number of hydrogen-bond acceptors (Lipinski definition) is 4. The second-order valence-electron chi connectivity index (χ2n) is 4.36. The molecule has 0 aliphatic carbocycles. The third kappa shape index (κ3) is 3.34. The third-order valence-electron chi connectivity index (χ3n) is 2.97. The van der Waals surface area contributed by atoms with Crippen molar-refractivity contribution in [2.24, 2.45) is 0 Å². The topological polar surface area (TPSA) is 71.1 Å². The molecule has 0 saturated carbocycles. The lowest BCUT2D eigenvalue weighted by atomic mass is 10.2. The summed E-state index contributed by atoms with van der Waals surface area (Å²) in [5, 5.41) is 3.21. The Morgan fingerprint density at radius 2 is 2.00 bits per heavy atom. The van der Waals surface area contributed by atoms with E-state index in [9.17, 15) is 8.42 Å². The van der Waals surface area contributed by atoms with E-state index in [4.69, 9.17) is 0 Å². The van der Waals surface area contributed by atoms with Crippen LogP contribution in [0.3, 0.4) is 0 Å². The predicted octanol–water partition coefficient (Wildman–Crippen LogP) is 1.91. The fourth-order valence-corrected chi connectivity index (χ4v) is 2.52. The van der Waals surface area contributed by atoms with Crippen molar-refractivity contribution in [2.75, 3.05) is 12.4 Å². The van der Waals surface area contributed by atoms with E-state index in [1.165, 1.54) is 7.05 Å². The van der Waals surface area contributed by atoms with Gasteiger partial charge >= 0.3 is 0 Å². The second kappa shape index (κ2) is 6.02. The van der Waals surface area contributed by atoms with Gasteiger partial charge in [0.1, 0.15) is 0 Å². The first-order valence-corrected chi connectivity index (χ1v) is 7.69. The van der Waals surface area contributed by atoms with Crippen molar-refractivity contribution < 1.29 is 8.42 Å². The second-order valence-corrected chi connectivity index (χ2v) is 6.25. The third-order valence-corrected chi connectivity index (χ3v) is 4.39. The highest BCUT2D eigenvalue weighted by Gasteiger charge is 2.12. The van der Waals surface area contributed by atoms with E-state index in [2.05, 4.69) is 15.0 Å². The molecule has 106 valence electrons. The molecule has 0 fully saturated rings. The number of aromatic nitrogens is 1. The zero-order valence-electron chi connectivity index (χ0n) is 11.4. The number of nitrogens with one attached hydrogen (secondary N) is 2. The van der Waals surface area contributed by atoms with Crippen LogP contribution in [0.2, 0.25) is 0 Å². The number of anilines is 1. The summed E-state index contributed by atoms with van der Waals surface area (Å²) in [5.41, 5.74) is 2.66. The Morgan fingerprint density at radius 3 is 2.65 bits per heavy atom. The van der Waals surface area contributed by atoms with E-state index in [-0.39, 0.29) is 4.90 Å². The van der Waals surface area contributed by atoms with E-state index in [0.29, 0.717) is 6.54 Å². The first kappa shape index (κ1) is 14.5. The average Bonchev–Trinajstić information content (AvgIpc) is 2.47. The minimum atomic E-state index is -3.43. The number of hydrogen-bond donors (Lipinski definition) is 2. The molecule has 1 aromatic heterocycles. The van der Waals surface area contributed by atoms with Crippen LogP contribution >= 0.6 is 0 Å². The van der Waals surface area contributed by atoms with Crippen molar-refractivity contribution in [3.8, 4) is 0 Å². The van der Waals surface area contributed by atoms with Gasteiger partial charge in [-0.05, 0) is 43.8 Å². The molecule has 0 saturated heterocycles. The molecule has 2 N–H and O–H groups in total. The molecule has 0 radical (unpaired) electrons. The summed E-state index contributed by atoms with van der Waals surface area (Å²) < 4.78 is 25.9. The number of benzene rings is 1. The van der Waals surface area contributed by atoms with Gasteiger partial charge in [-0.3, -0.25) is 4.98 Å². The van der Waals surface area contributed by atoms with Gasteiger partial charge in [-0.15, -0.1) is 0 Å². The molecular formula is C14H17N3O2S. The Hall–Kier alpha value is -1.92. The minimum Gasteiger partial charge on any atom is -0.379 e. The van der Waals surface area contributed by atoms with Crippen molar-refractivity contribution >= 4 is 15.7 Å². The smallest absolute Gasteiger partial charge is 0.240 e. The van der Waals surface area contributed by atoms with E-state index in [1.807, 2.05) is 25.1 Å². The van der Waals surface area contributed by atoms with Gasteiger partial charge in [0, 0.05) is 11.9 Å². The van der Waals surface area contributed by atoms with Gasteiger partial charge in [0.2, 0.25) is 10.0 Å². The van der Waals surface area contributed by atoms with Crippen molar-refractivity contribution in [2.45, 2.75) is 18.4 Å². The van der Waals surface area contributed by atoms with Gasteiger partial charge in [0.15, 0.2) is 0 Å². The normalized spacial score (nSPS) is 11.3. The zero-order valence-corrected chi connectivity index (χ0v) is 12.2. The van der Waals surface area contributed by atoms with Crippen LogP contribution in [0.4, 0.5) is 5.69 Å². The summed E-state index contributed by atoms with van der Waals surface area (Å²) in [6.45, 7) is 2.47. The van der Waals surface area contributed by atoms with Crippen molar-refractivity contribution in [1.29, 1.82) is 0 Å². The molecule has 0 spiro atoms. The average molecular weight is 291 g/mol. The molecule has 0 atom stereocenters. The fourth-order valence-electron chi connectivity index (χ4n) is 1.77. The fraction of sp³-hybridized carbons (Fsp3) is 0.214. The van der Waals surface area contributed by atoms with E-state index in [0.717, 1.165) is 16.9 Å². The molecule has 20 heavy (non-hydrogen) atoms. The molecule has 0 aliphatic heterocycles. The standard InChI is InChI=1S/C14H17N3O2S/c1-11-6-7-13(20(18,19)15-2)9-14(11)17-10-12-5-3-4-8-16-12/h3-9,15,17H,10H2,1-2H3. The zero-order chi connectivity index (χ0) is 14.6. The van der Waals surface area contributed by atoms with E-state index >= 15 is 0 Å². The molecular weight excluding hydrogens is 274 g/mol. The molecule has 6 heteroatoms. The maximum absolute atomic E-state index is 11.8. The highest BCUT2D eigenvalue weighted by Crippen LogP contribution is 2.20. The largest absolute Gasteiger partial charge is 0.379 e. The Labute approximate surface area is 119 Å². The SMILES string of the molecule is CNS(=O)(=O)c1ccc(C)c(NCc2ccccn2)c1. The van der Waals surface area contributed by atoms with Crippen LogP contribution in [0, 0.1) is 6.92 Å². The van der Waals surface area contributed by atoms with Crippen molar-refractivity contribution in [1.82, 2.24) is 9.71 Å². The van der Waals surface area contributed by atoms with Gasteiger partial charge in [-0.1, -0.05) is 12.1 Å². The maximum atomic E-state index is 11.8. The summed E-state index contributed by atoms with van der Waals surface area (Å²) in [5.74, 6) is 0. The molecule has 1 aromatic carbocycles. The van der Waals surface area contributed by atoms with E-state index < -0.39 is 10.0 Å². The number of rotatable bonds is 5. The Balaban J connectivity index is 2.22. The van der Waals surface area contributed by atoms with Gasteiger partial charge in [0.05, 0.1) is 17.1 Å². The number of nitrogens with zero attached hydrogens (tertiary/aromatic N) is 1. The Morgan fingerprint density at radius 1 is 1.20 bits per heavy atom. The maximum Gasteiger partial charge on any atom is 0.240 e. The van der Waals surface area contributed by atoms with Gasteiger partial charge in [0.25, 0.3) is 0 Å². The number of sulfonamides is 1. The van der Waals surface area contributed by atoms with Crippen LogP contribution in [-0.4, -0.2) is 20.4 Å². The number of aryl methyl sites for hydroxylation is 1. The monoisotopic (exact) mass is 291 g/mol. The molecule has 2 aromatic rings. The highest BCUT2D eigenvalue weighted by molar-refractivity contribution is 7.89. The minimum absolute atomic E-state index is 0.245. The van der Waals surface area contributed by atoms with Crippen LogP contribution < -0.4 is 10.0 Å². The predicted molar refractivity (Wildman–Crippen MR) is 79.0 cm³/mol. The molecule has 2 rings (SSSR count). The summed E-state index contributed by atoms with van der Waals surface area (Å²) in [6.07, 6.45) is 1.73. The molecule has 0 aliphatic rings. The Bertz CT molecular complexity index is 685. The lowest BCUT2D eigenvalue weighted by molar-refractivity contribution is 0.588. The van der Waals surface area contributed by atoms with Crippen LogP contribution in [-0.2, 0) is 16.6 Å². The molecule has 0 amide bonds. The van der Waals surface area contributed by atoms with Gasteiger partial charge < -0.3 is 5.32 Å². The summed E-state index contributed by atoms with van der Waals surface area (Å²) >= 11 is 0. The van der Waals surface area contributed by atoms with Gasteiger partial charge in [-0.25, -0.2) is 13.1 Å². The quantitative estimate of drug-likeness (QED) is 0.883.